The van der Waals surface area contributed by atoms with Crippen molar-refractivity contribution in [2.75, 3.05) is 13.1 Å². The number of carboxylic acid groups (broad SMARTS) is 1. The van der Waals surface area contributed by atoms with Gasteiger partial charge in [0.25, 0.3) is 0 Å². The summed E-state index contributed by atoms with van der Waals surface area (Å²) in [5.41, 5.74) is 16.5. The van der Waals surface area contributed by atoms with Gasteiger partial charge in [-0.25, -0.2) is 4.79 Å². The maximum atomic E-state index is 13.4. The topological polar surface area (TPSA) is 226 Å². The van der Waals surface area contributed by atoms with Crippen molar-refractivity contribution in [3.05, 3.63) is 29.8 Å². The van der Waals surface area contributed by atoms with E-state index in [2.05, 4.69) is 15.6 Å². The highest BCUT2D eigenvalue weighted by molar-refractivity contribution is 5.94. The minimum atomic E-state index is -1.20. The van der Waals surface area contributed by atoms with E-state index in [-0.39, 0.29) is 24.0 Å². The Bertz CT molecular complexity index is 1050. The molecule has 1 aromatic rings. The van der Waals surface area contributed by atoms with Gasteiger partial charge in [0.05, 0.1) is 6.04 Å². The fourth-order valence-corrected chi connectivity index (χ4v) is 4.40. The minimum Gasteiger partial charge on any atom is -0.508 e. The number of guanidine groups is 1. The molecule has 1 saturated heterocycles. The summed E-state index contributed by atoms with van der Waals surface area (Å²) >= 11 is 0. The molecule has 39 heavy (non-hydrogen) atoms. The predicted molar refractivity (Wildman–Crippen MR) is 145 cm³/mol. The van der Waals surface area contributed by atoms with Crippen molar-refractivity contribution in [3.63, 3.8) is 0 Å². The van der Waals surface area contributed by atoms with Gasteiger partial charge in [-0.1, -0.05) is 32.9 Å². The van der Waals surface area contributed by atoms with E-state index in [0.29, 0.717) is 44.3 Å². The fourth-order valence-electron chi connectivity index (χ4n) is 4.40. The molecule has 0 spiro atoms. The lowest BCUT2D eigenvalue weighted by atomic mass is 9.86. The number of phenols is 1. The second-order valence-corrected chi connectivity index (χ2v) is 10.8. The predicted octanol–water partition coefficient (Wildman–Crippen LogP) is -0.593. The molecule has 4 atom stereocenters. The van der Waals surface area contributed by atoms with Gasteiger partial charge in [0, 0.05) is 19.5 Å². The molecule has 10 N–H and O–H groups in total. The molecule has 0 unspecified atom stereocenters. The molecule has 1 fully saturated rings. The summed E-state index contributed by atoms with van der Waals surface area (Å²) in [6.07, 6.45) is 1.84. The largest absolute Gasteiger partial charge is 0.508 e. The molecule has 0 aromatic heterocycles. The third-order valence-electron chi connectivity index (χ3n) is 6.53. The summed E-state index contributed by atoms with van der Waals surface area (Å²) < 4.78 is 0. The van der Waals surface area contributed by atoms with Crippen LogP contribution >= 0.6 is 0 Å². The van der Waals surface area contributed by atoms with Gasteiger partial charge in [0.2, 0.25) is 17.7 Å². The van der Waals surface area contributed by atoms with E-state index in [1.807, 2.05) is 0 Å². The summed E-state index contributed by atoms with van der Waals surface area (Å²) in [4.78, 5) is 56.8. The van der Waals surface area contributed by atoms with Crippen LogP contribution in [0.4, 0.5) is 0 Å². The molecular weight excluding hydrogens is 506 g/mol. The number of nitrogens with zero attached hydrogens (tertiary/aromatic N) is 2. The average Bonchev–Trinajstić information content (AvgIpc) is 3.34. The van der Waals surface area contributed by atoms with Crippen LogP contribution in [0.15, 0.2) is 29.3 Å². The number of aromatic hydroxyl groups is 1. The first-order valence-electron chi connectivity index (χ1n) is 12.9. The van der Waals surface area contributed by atoms with Crippen molar-refractivity contribution >= 4 is 29.7 Å². The lowest BCUT2D eigenvalue weighted by Gasteiger charge is -2.31. The molecule has 1 heterocycles. The van der Waals surface area contributed by atoms with Crippen LogP contribution in [0.1, 0.15) is 52.0 Å². The Morgan fingerprint density at radius 1 is 1.13 bits per heavy atom. The first-order chi connectivity index (χ1) is 18.2. The van der Waals surface area contributed by atoms with Gasteiger partial charge in [-0.3, -0.25) is 19.4 Å². The molecule has 1 aliphatic rings. The van der Waals surface area contributed by atoms with Crippen molar-refractivity contribution in [2.24, 2.45) is 27.6 Å². The number of phenolic OH excluding ortho intramolecular Hbond substituents is 1. The molecule has 216 valence electrons. The number of aliphatic imine (C=N–C) groups is 1. The smallest absolute Gasteiger partial charge is 0.326 e. The molecule has 2 rings (SSSR count). The van der Waals surface area contributed by atoms with Crippen molar-refractivity contribution in [1.29, 1.82) is 0 Å². The molecule has 3 amide bonds. The van der Waals surface area contributed by atoms with Gasteiger partial charge in [-0.2, -0.15) is 0 Å². The van der Waals surface area contributed by atoms with Crippen LogP contribution in [0.5, 0.6) is 5.75 Å². The Morgan fingerprint density at radius 2 is 1.77 bits per heavy atom. The Labute approximate surface area is 228 Å². The number of carboxylic acids is 1. The average molecular weight is 548 g/mol. The summed E-state index contributed by atoms with van der Waals surface area (Å²) in [7, 11) is 0. The number of carbonyl (C=O) groups excluding carboxylic acids is 3. The van der Waals surface area contributed by atoms with Crippen LogP contribution in [0.3, 0.4) is 0 Å². The van der Waals surface area contributed by atoms with E-state index in [0.717, 1.165) is 0 Å². The van der Waals surface area contributed by atoms with Gasteiger partial charge in [0.1, 0.15) is 23.9 Å². The molecular formula is C26H41N7O6. The first kappa shape index (κ1) is 31.3. The van der Waals surface area contributed by atoms with Crippen molar-refractivity contribution in [3.8, 4) is 5.75 Å². The molecule has 0 radical (unpaired) electrons. The van der Waals surface area contributed by atoms with Crippen molar-refractivity contribution < 1.29 is 29.4 Å². The standard InChI is InChI=1S/C26H41N7O6/c1-26(2,3)20(24(38)39)32-21(35)18(14-15-8-10-16(34)11-9-15)31-22(36)19-7-5-13-33(19)23(37)17(27)6-4-12-30-25(28)29/h8-11,17-20,34H,4-7,12-14,27H2,1-3H3,(H,31,36)(H,32,35)(H,38,39)(H4,28,29,30)/t17-,18-,19-,20+/m0/s1. The second-order valence-electron chi connectivity index (χ2n) is 10.8. The molecule has 0 saturated carbocycles. The van der Waals surface area contributed by atoms with E-state index in [1.54, 1.807) is 32.9 Å². The first-order valence-corrected chi connectivity index (χ1v) is 12.9. The summed E-state index contributed by atoms with van der Waals surface area (Å²) in [6, 6.07) is 2.12. The fraction of sp³-hybridized carbons (Fsp3) is 0.577. The zero-order chi connectivity index (χ0) is 29.3. The van der Waals surface area contributed by atoms with Crippen LogP contribution in [0.2, 0.25) is 0 Å². The van der Waals surface area contributed by atoms with Crippen LogP contribution in [0, 0.1) is 5.41 Å². The SMILES string of the molecule is CC(C)(C)[C@H](NC(=O)[C@H](Cc1ccc(O)cc1)NC(=O)[C@@H]1CCCN1C(=O)[C@@H](N)CCCN=C(N)N)C(=O)O. The van der Waals surface area contributed by atoms with Crippen molar-refractivity contribution in [1.82, 2.24) is 15.5 Å². The highest BCUT2D eigenvalue weighted by Gasteiger charge is 2.39. The zero-order valence-electron chi connectivity index (χ0n) is 22.7. The van der Waals surface area contributed by atoms with Gasteiger partial charge in [0.15, 0.2) is 5.96 Å². The van der Waals surface area contributed by atoms with Crippen molar-refractivity contribution in [2.45, 2.75) is 77.0 Å². The molecule has 1 aliphatic heterocycles. The Morgan fingerprint density at radius 3 is 2.33 bits per heavy atom. The maximum Gasteiger partial charge on any atom is 0.326 e. The van der Waals surface area contributed by atoms with Gasteiger partial charge >= 0.3 is 5.97 Å². The van der Waals surface area contributed by atoms with Crippen LogP contribution in [-0.2, 0) is 25.6 Å². The number of aliphatic carboxylic acids is 1. The number of amides is 3. The summed E-state index contributed by atoms with van der Waals surface area (Å²) in [6.45, 7) is 5.72. The summed E-state index contributed by atoms with van der Waals surface area (Å²) in [5, 5.41) is 24.5. The number of hydrogen-bond donors (Lipinski definition) is 7. The second kappa shape index (κ2) is 13.8. The molecule has 1 aromatic carbocycles. The number of likely N-dealkylation sites (tertiary alicyclic amines) is 1. The third kappa shape index (κ3) is 9.43. The van der Waals surface area contributed by atoms with Gasteiger partial charge in [-0.05, 0) is 48.8 Å². The maximum absolute atomic E-state index is 13.4. The van der Waals surface area contributed by atoms with Crippen LogP contribution in [0.25, 0.3) is 0 Å². The van der Waals surface area contributed by atoms with E-state index >= 15 is 0 Å². The highest BCUT2D eigenvalue weighted by atomic mass is 16.4. The quantitative estimate of drug-likeness (QED) is 0.101. The highest BCUT2D eigenvalue weighted by Crippen LogP contribution is 2.22. The lowest BCUT2D eigenvalue weighted by molar-refractivity contribution is -0.145. The van der Waals surface area contributed by atoms with Crippen LogP contribution in [-0.4, -0.2) is 82.0 Å². The Balaban J connectivity index is 2.18. The number of carbonyl (C=O) groups is 4. The molecule has 13 nitrogen and oxygen atoms in total. The molecule has 0 bridgehead atoms. The van der Waals surface area contributed by atoms with Gasteiger partial charge < -0.3 is 42.9 Å². The normalized spacial score (nSPS) is 17.5. The van der Waals surface area contributed by atoms with Gasteiger partial charge in [-0.15, -0.1) is 0 Å². The monoisotopic (exact) mass is 547 g/mol. The van der Waals surface area contributed by atoms with E-state index in [1.165, 1.54) is 17.0 Å². The number of nitrogens with two attached hydrogens (primary N) is 3. The number of benzene rings is 1. The summed E-state index contributed by atoms with van der Waals surface area (Å²) in [5.74, 6) is -2.80. The molecule has 13 heteroatoms. The Kier molecular flexibility index (Phi) is 11.1. The van der Waals surface area contributed by atoms with E-state index in [4.69, 9.17) is 17.2 Å². The third-order valence-corrected chi connectivity index (χ3v) is 6.53. The van der Waals surface area contributed by atoms with E-state index in [9.17, 15) is 29.4 Å². The minimum absolute atomic E-state index is 0.0391. The van der Waals surface area contributed by atoms with E-state index < -0.39 is 47.4 Å². The Hall–Kier alpha value is -3.87. The number of rotatable bonds is 12. The lowest BCUT2D eigenvalue weighted by Crippen LogP contribution is -2.58. The zero-order valence-corrected chi connectivity index (χ0v) is 22.7. The number of hydrogen-bond acceptors (Lipinski definition) is 7. The molecule has 0 aliphatic carbocycles. The van der Waals surface area contributed by atoms with Crippen LogP contribution < -0.4 is 27.8 Å². The number of nitrogens with one attached hydrogen (secondary N) is 2.